The van der Waals surface area contributed by atoms with Gasteiger partial charge >= 0.3 is 0 Å². The molecule has 0 radical (unpaired) electrons. The van der Waals surface area contributed by atoms with Gasteiger partial charge in [-0.3, -0.25) is 5.10 Å². The van der Waals surface area contributed by atoms with Gasteiger partial charge in [0.25, 0.3) is 0 Å². The van der Waals surface area contributed by atoms with Gasteiger partial charge in [-0.25, -0.2) is 9.37 Å². The van der Waals surface area contributed by atoms with Crippen molar-refractivity contribution in [2.45, 2.75) is 6.92 Å². The molecule has 2 aromatic rings. The van der Waals surface area contributed by atoms with E-state index < -0.39 is 0 Å². The molecule has 0 aliphatic carbocycles. The van der Waals surface area contributed by atoms with Gasteiger partial charge in [0, 0.05) is 4.47 Å². The first-order chi connectivity index (χ1) is 6.68. The zero-order chi connectivity index (χ0) is 10.1. The third-order valence-electron chi connectivity index (χ3n) is 1.78. The lowest BCUT2D eigenvalue weighted by Gasteiger charge is -2.00. The van der Waals surface area contributed by atoms with Gasteiger partial charge < -0.3 is 0 Å². The van der Waals surface area contributed by atoms with Gasteiger partial charge in [-0.2, -0.15) is 5.10 Å². The molecule has 1 aromatic heterocycles. The van der Waals surface area contributed by atoms with Crippen molar-refractivity contribution in [2.24, 2.45) is 0 Å². The molecule has 14 heavy (non-hydrogen) atoms. The molecule has 0 aliphatic rings. The normalized spacial score (nSPS) is 10.5. The van der Waals surface area contributed by atoms with Crippen LogP contribution >= 0.6 is 15.9 Å². The van der Waals surface area contributed by atoms with Crippen LogP contribution in [0.15, 0.2) is 22.7 Å². The molecule has 0 saturated carbocycles. The number of H-pyrrole nitrogens is 1. The number of nitrogens with one attached hydrogen (secondary N) is 1. The van der Waals surface area contributed by atoms with Gasteiger partial charge in [-0.1, -0.05) is 6.07 Å². The summed E-state index contributed by atoms with van der Waals surface area (Å²) in [6.45, 7) is 1.77. The van der Waals surface area contributed by atoms with E-state index in [-0.39, 0.29) is 5.82 Å². The van der Waals surface area contributed by atoms with Crippen LogP contribution in [0.25, 0.3) is 11.4 Å². The van der Waals surface area contributed by atoms with E-state index in [9.17, 15) is 4.39 Å². The van der Waals surface area contributed by atoms with Gasteiger partial charge in [-0.15, -0.1) is 0 Å². The molecule has 0 spiro atoms. The number of hydrogen-bond acceptors (Lipinski definition) is 2. The number of aryl methyl sites for hydroxylation is 1. The minimum atomic E-state index is -0.335. The second kappa shape index (κ2) is 3.49. The van der Waals surface area contributed by atoms with Crippen LogP contribution in [0.1, 0.15) is 5.82 Å². The highest BCUT2D eigenvalue weighted by Gasteiger charge is 2.12. The minimum absolute atomic E-state index is 0.335. The van der Waals surface area contributed by atoms with Gasteiger partial charge in [0.05, 0.1) is 5.56 Å². The second-order valence-corrected chi connectivity index (χ2v) is 3.70. The van der Waals surface area contributed by atoms with Crippen LogP contribution in [0.4, 0.5) is 4.39 Å². The van der Waals surface area contributed by atoms with Gasteiger partial charge in [-0.05, 0) is 35.0 Å². The summed E-state index contributed by atoms with van der Waals surface area (Å²) in [6, 6.07) is 4.76. The summed E-state index contributed by atoms with van der Waals surface area (Å²) in [5, 5.41) is 6.57. The fourth-order valence-electron chi connectivity index (χ4n) is 1.17. The number of nitrogens with zero attached hydrogens (tertiary/aromatic N) is 2. The molecule has 5 heteroatoms. The van der Waals surface area contributed by atoms with Crippen LogP contribution < -0.4 is 0 Å². The topological polar surface area (TPSA) is 41.6 Å². The van der Waals surface area contributed by atoms with E-state index >= 15 is 0 Å². The summed E-state index contributed by atoms with van der Waals surface area (Å²) in [7, 11) is 0. The number of halogens is 2. The molecule has 3 nitrogen and oxygen atoms in total. The number of benzene rings is 1. The highest BCUT2D eigenvalue weighted by atomic mass is 79.9. The smallest absolute Gasteiger partial charge is 0.185 e. The SMILES string of the molecule is Cc1nc(-c2c(F)cccc2Br)n[nH]1. The van der Waals surface area contributed by atoms with Crippen molar-refractivity contribution in [1.82, 2.24) is 15.2 Å². The fraction of sp³-hybridized carbons (Fsp3) is 0.111. The first-order valence-corrected chi connectivity index (χ1v) is 4.81. The largest absolute Gasteiger partial charge is 0.263 e. The van der Waals surface area contributed by atoms with Crippen molar-refractivity contribution in [3.63, 3.8) is 0 Å². The van der Waals surface area contributed by atoms with Crippen LogP contribution in [-0.4, -0.2) is 15.2 Å². The third kappa shape index (κ3) is 1.55. The monoisotopic (exact) mass is 255 g/mol. The molecule has 0 fully saturated rings. The van der Waals surface area contributed by atoms with Crippen LogP contribution in [0.5, 0.6) is 0 Å². The van der Waals surface area contributed by atoms with E-state index in [1.54, 1.807) is 19.1 Å². The number of hydrogen-bond donors (Lipinski definition) is 1. The average Bonchev–Trinajstić information content (AvgIpc) is 2.51. The number of rotatable bonds is 1. The van der Waals surface area contributed by atoms with Crippen LogP contribution in [0.3, 0.4) is 0 Å². The average molecular weight is 256 g/mol. The van der Waals surface area contributed by atoms with Crippen LogP contribution in [0.2, 0.25) is 0 Å². The maximum absolute atomic E-state index is 13.4. The Kier molecular flexibility index (Phi) is 2.33. The quantitative estimate of drug-likeness (QED) is 0.852. The Morgan fingerprint density at radius 1 is 1.43 bits per heavy atom. The molecule has 1 heterocycles. The predicted molar refractivity (Wildman–Crippen MR) is 54.2 cm³/mol. The van der Waals surface area contributed by atoms with E-state index in [0.717, 1.165) is 0 Å². The summed E-state index contributed by atoms with van der Waals surface area (Å²) < 4.78 is 14.1. The van der Waals surface area contributed by atoms with Crippen molar-refractivity contribution < 1.29 is 4.39 Å². The minimum Gasteiger partial charge on any atom is -0.263 e. The lowest BCUT2D eigenvalue weighted by atomic mass is 10.2. The first-order valence-electron chi connectivity index (χ1n) is 4.02. The van der Waals surface area contributed by atoms with Gasteiger partial charge in [0.2, 0.25) is 0 Å². The Balaban J connectivity index is 2.61. The number of aromatic nitrogens is 3. The maximum Gasteiger partial charge on any atom is 0.185 e. The van der Waals surface area contributed by atoms with Crippen molar-refractivity contribution >= 4 is 15.9 Å². The highest BCUT2D eigenvalue weighted by Crippen LogP contribution is 2.27. The molecule has 0 aliphatic heterocycles. The lowest BCUT2D eigenvalue weighted by molar-refractivity contribution is 0.629. The van der Waals surface area contributed by atoms with Crippen LogP contribution in [0, 0.1) is 12.7 Å². The molecular weight excluding hydrogens is 249 g/mol. The van der Waals surface area contributed by atoms with Crippen molar-refractivity contribution in [3.05, 3.63) is 34.3 Å². The summed E-state index contributed by atoms with van der Waals surface area (Å²) in [5.74, 6) is 0.695. The molecule has 0 atom stereocenters. The summed E-state index contributed by atoms with van der Waals surface area (Å²) >= 11 is 3.26. The van der Waals surface area contributed by atoms with Gasteiger partial charge in [0.15, 0.2) is 5.82 Å². The Labute approximate surface area is 88.5 Å². The lowest BCUT2D eigenvalue weighted by Crippen LogP contribution is -1.88. The molecule has 72 valence electrons. The van der Waals surface area contributed by atoms with E-state index in [1.165, 1.54) is 6.07 Å². The van der Waals surface area contributed by atoms with E-state index in [0.29, 0.717) is 21.7 Å². The molecule has 2 rings (SSSR count). The molecular formula is C9H7BrFN3. The molecule has 1 aromatic carbocycles. The zero-order valence-corrected chi connectivity index (χ0v) is 8.97. The molecule has 0 bridgehead atoms. The highest BCUT2D eigenvalue weighted by molar-refractivity contribution is 9.10. The molecule has 0 saturated heterocycles. The first kappa shape index (κ1) is 9.33. The maximum atomic E-state index is 13.4. The Morgan fingerprint density at radius 3 is 2.79 bits per heavy atom. The number of aromatic amines is 1. The second-order valence-electron chi connectivity index (χ2n) is 2.84. The fourth-order valence-corrected chi connectivity index (χ4v) is 1.69. The van der Waals surface area contributed by atoms with Crippen molar-refractivity contribution in [3.8, 4) is 11.4 Å². The van der Waals surface area contributed by atoms with Crippen molar-refractivity contribution in [1.29, 1.82) is 0 Å². The van der Waals surface area contributed by atoms with Gasteiger partial charge in [0.1, 0.15) is 11.6 Å². The Hall–Kier alpha value is -1.23. The Morgan fingerprint density at radius 2 is 2.21 bits per heavy atom. The Bertz CT molecular complexity index is 447. The summed E-state index contributed by atoms with van der Waals surface area (Å²) in [5.41, 5.74) is 0.386. The zero-order valence-electron chi connectivity index (χ0n) is 7.38. The van der Waals surface area contributed by atoms with E-state index in [4.69, 9.17) is 0 Å². The standard InChI is InChI=1S/C9H7BrFN3/c1-5-12-9(14-13-5)8-6(10)3-2-4-7(8)11/h2-4H,1H3,(H,12,13,14). The summed E-state index contributed by atoms with van der Waals surface area (Å²) in [6.07, 6.45) is 0. The third-order valence-corrected chi connectivity index (χ3v) is 2.44. The molecule has 0 amide bonds. The molecule has 0 unspecified atom stereocenters. The van der Waals surface area contributed by atoms with Crippen LogP contribution in [-0.2, 0) is 0 Å². The molecule has 1 N–H and O–H groups in total. The van der Waals surface area contributed by atoms with Crippen molar-refractivity contribution in [2.75, 3.05) is 0 Å². The van der Waals surface area contributed by atoms with E-state index in [2.05, 4.69) is 31.1 Å². The predicted octanol–water partition coefficient (Wildman–Crippen LogP) is 2.68. The van der Waals surface area contributed by atoms with E-state index in [1.807, 2.05) is 0 Å². The summed E-state index contributed by atoms with van der Waals surface area (Å²) in [4.78, 5) is 4.07.